The average Bonchev–Trinajstić information content (AvgIpc) is 3.26. The Kier molecular flexibility index (Phi) is 3.20. The van der Waals surface area contributed by atoms with Crippen molar-refractivity contribution >= 4 is 29.1 Å². The Balaban J connectivity index is 1.52. The molecule has 1 saturated carbocycles. The van der Waals surface area contributed by atoms with Gasteiger partial charge in [-0.1, -0.05) is 26.0 Å². The number of nitrogens with one attached hydrogen (secondary N) is 1. The van der Waals surface area contributed by atoms with Crippen LogP contribution in [0.5, 0.6) is 0 Å². The van der Waals surface area contributed by atoms with Crippen LogP contribution < -0.4 is 5.43 Å². The van der Waals surface area contributed by atoms with Gasteiger partial charge in [0.05, 0.1) is 17.4 Å². The average molecular weight is 330 g/mol. The topological polar surface area (TPSA) is 66.5 Å². The monoisotopic (exact) mass is 330 g/mol. The van der Waals surface area contributed by atoms with Crippen LogP contribution in [0.3, 0.4) is 0 Å². The minimum absolute atomic E-state index is 0.150. The first-order chi connectivity index (χ1) is 11.0. The highest BCUT2D eigenvalue weighted by Crippen LogP contribution is 2.52. The largest absolute Gasteiger partial charge is 0.272 e. The quantitative estimate of drug-likeness (QED) is 0.683. The van der Waals surface area contributed by atoms with Crippen molar-refractivity contribution in [3.8, 4) is 0 Å². The van der Waals surface area contributed by atoms with Crippen LogP contribution in [0.2, 0.25) is 0 Å². The van der Waals surface area contributed by atoms with E-state index in [0.717, 1.165) is 16.3 Å². The molecule has 120 valence electrons. The van der Waals surface area contributed by atoms with Gasteiger partial charge in [0.15, 0.2) is 0 Å². The van der Waals surface area contributed by atoms with Gasteiger partial charge in [-0.15, -0.1) is 11.3 Å². The molecule has 1 N–H and O–H groups in total. The molecule has 2 bridgehead atoms. The second-order valence-corrected chi connectivity index (χ2v) is 7.79. The fraction of sp³-hybridized carbons (Fsp3) is 0.471. The van der Waals surface area contributed by atoms with Gasteiger partial charge in [-0.2, -0.15) is 5.01 Å². The van der Waals surface area contributed by atoms with Crippen LogP contribution >= 0.6 is 11.3 Å². The molecule has 3 aliphatic rings. The fourth-order valence-electron chi connectivity index (χ4n) is 3.95. The lowest BCUT2D eigenvalue weighted by Crippen LogP contribution is -2.47. The maximum atomic E-state index is 12.5. The third-order valence-electron chi connectivity index (χ3n) is 5.13. The van der Waals surface area contributed by atoms with Crippen molar-refractivity contribution in [2.24, 2.45) is 23.7 Å². The molecular weight excluding hydrogens is 312 g/mol. The van der Waals surface area contributed by atoms with E-state index in [1.165, 1.54) is 11.3 Å². The van der Waals surface area contributed by atoms with Crippen molar-refractivity contribution in [1.29, 1.82) is 0 Å². The minimum Gasteiger partial charge on any atom is -0.272 e. The van der Waals surface area contributed by atoms with Crippen LogP contribution in [0.4, 0.5) is 0 Å². The molecule has 5 nitrogen and oxygen atoms in total. The third kappa shape index (κ3) is 2.08. The van der Waals surface area contributed by atoms with Crippen molar-refractivity contribution in [3.05, 3.63) is 34.0 Å². The standard InChI is InChI=1S/C17H18N2O3S/c1-8(2)12-6-11(7-23-12)15(20)18-19-16(21)13-9-3-4-10(5-9)14(13)17(19)22/h3-4,6-10,13-14H,5H2,1-2H3,(H,18,20)/t9-,10-,13+,14+/m0/s1. The Morgan fingerprint density at radius 1 is 1.22 bits per heavy atom. The number of imide groups is 1. The van der Waals surface area contributed by atoms with E-state index in [0.29, 0.717) is 11.5 Å². The van der Waals surface area contributed by atoms with Crippen molar-refractivity contribution in [2.75, 3.05) is 0 Å². The summed E-state index contributed by atoms with van der Waals surface area (Å²) in [5.74, 6) is -0.839. The number of hydrogen-bond donors (Lipinski definition) is 1. The maximum absolute atomic E-state index is 12.5. The summed E-state index contributed by atoms with van der Waals surface area (Å²) in [4.78, 5) is 38.5. The second kappa shape index (κ2) is 5.03. The van der Waals surface area contributed by atoms with Crippen molar-refractivity contribution < 1.29 is 14.4 Å². The van der Waals surface area contributed by atoms with Gasteiger partial charge >= 0.3 is 0 Å². The highest BCUT2D eigenvalue weighted by Gasteiger charge is 2.59. The number of carbonyl (C=O) groups excluding carboxylic acids is 3. The van der Waals surface area contributed by atoms with Gasteiger partial charge in [-0.25, -0.2) is 0 Å². The van der Waals surface area contributed by atoms with Crippen LogP contribution in [-0.4, -0.2) is 22.7 Å². The SMILES string of the molecule is CC(C)c1cc(C(=O)NN2C(=O)[C@H]3[C@H](C2=O)[C@H]2C=C[C@H]3C2)cs1. The lowest BCUT2D eigenvalue weighted by Gasteiger charge is -2.17. The first-order valence-electron chi connectivity index (χ1n) is 7.93. The number of hydrogen-bond acceptors (Lipinski definition) is 4. The normalized spacial score (nSPS) is 31.3. The molecule has 0 radical (unpaired) electrons. The number of thiophene rings is 1. The maximum Gasteiger partial charge on any atom is 0.271 e. The van der Waals surface area contributed by atoms with E-state index in [9.17, 15) is 14.4 Å². The summed E-state index contributed by atoms with van der Waals surface area (Å²) in [6, 6.07) is 1.82. The molecule has 23 heavy (non-hydrogen) atoms. The van der Waals surface area contributed by atoms with Crippen molar-refractivity contribution in [3.63, 3.8) is 0 Å². The Morgan fingerprint density at radius 2 is 1.83 bits per heavy atom. The van der Waals surface area contributed by atoms with Crippen LogP contribution in [0, 0.1) is 23.7 Å². The summed E-state index contributed by atoms with van der Waals surface area (Å²) >= 11 is 1.51. The fourth-order valence-corrected chi connectivity index (χ4v) is 4.86. The molecule has 4 atom stereocenters. The first-order valence-corrected chi connectivity index (χ1v) is 8.81. The second-order valence-electron chi connectivity index (χ2n) is 6.85. The molecule has 2 heterocycles. The molecule has 2 aliphatic carbocycles. The molecule has 0 unspecified atom stereocenters. The molecule has 0 spiro atoms. The molecule has 6 heteroatoms. The predicted octanol–water partition coefficient (Wildman–Crippen LogP) is 2.32. The van der Waals surface area contributed by atoms with Gasteiger partial charge in [-0.05, 0) is 30.2 Å². The predicted molar refractivity (Wildman–Crippen MR) is 85.4 cm³/mol. The molecule has 1 saturated heterocycles. The number of carbonyl (C=O) groups is 3. The Bertz CT molecular complexity index is 706. The summed E-state index contributed by atoms with van der Waals surface area (Å²) in [5.41, 5.74) is 3.02. The third-order valence-corrected chi connectivity index (χ3v) is 6.37. The van der Waals surface area contributed by atoms with E-state index in [4.69, 9.17) is 0 Å². The van der Waals surface area contributed by atoms with E-state index in [1.54, 1.807) is 5.38 Å². The van der Waals surface area contributed by atoms with Crippen molar-refractivity contribution in [2.45, 2.75) is 26.2 Å². The highest BCUT2D eigenvalue weighted by molar-refractivity contribution is 7.10. The molecular formula is C17H18N2O3S. The van der Waals surface area contributed by atoms with Gasteiger partial charge in [0.25, 0.3) is 17.7 Å². The molecule has 1 aromatic rings. The zero-order valence-corrected chi connectivity index (χ0v) is 13.8. The lowest BCUT2D eigenvalue weighted by atomic mass is 9.85. The van der Waals surface area contributed by atoms with E-state index in [2.05, 4.69) is 19.3 Å². The van der Waals surface area contributed by atoms with Gasteiger partial charge in [0.1, 0.15) is 0 Å². The molecule has 4 rings (SSSR count). The van der Waals surface area contributed by atoms with Crippen LogP contribution in [0.1, 0.15) is 41.4 Å². The first kappa shape index (κ1) is 14.6. The Morgan fingerprint density at radius 3 is 2.35 bits per heavy atom. The Hall–Kier alpha value is -1.95. The zero-order chi connectivity index (χ0) is 16.3. The summed E-state index contributed by atoms with van der Waals surface area (Å²) in [5, 5.41) is 2.72. The highest BCUT2D eigenvalue weighted by atomic mass is 32.1. The summed E-state index contributed by atoms with van der Waals surface area (Å²) < 4.78 is 0. The van der Waals surface area contributed by atoms with Crippen LogP contribution in [0.25, 0.3) is 0 Å². The molecule has 0 aromatic carbocycles. The number of amides is 3. The van der Waals surface area contributed by atoms with Crippen LogP contribution in [0.15, 0.2) is 23.6 Å². The molecule has 2 fully saturated rings. The van der Waals surface area contributed by atoms with Crippen LogP contribution in [-0.2, 0) is 9.59 Å². The molecule has 3 amide bonds. The lowest BCUT2D eigenvalue weighted by molar-refractivity contribution is -0.143. The zero-order valence-electron chi connectivity index (χ0n) is 13.0. The summed E-state index contributed by atoms with van der Waals surface area (Å²) in [6.07, 6.45) is 4.96. The van der Waals surface area contributed by atoms with E-state index >= 15 is 0 Å². The number of rotatable bonds is 3. The van der Waals surface area contributed by atoms with E-state index in [1.807, 2.05) is 18.2 Å². The molecule has 1 aromatic heterocycles. The van der Waals surface area contributed by atoms with Gasteiger partial charge < -0.3 is 0 Å². The summed E-state index contributed by atoms with van der Waals surface area (Å²) in [6.45, 7) is 4.12. The Labute approximate surface area is 138 Å². The summed E-state index contributed by atoms with van der Waals surface area (Å²) in [7, 11) is 0. The smallest absolute Gasteiger partial charge is 0.271 e. The van der Waals surface area contributed by atoms with Gasteiger partial charge in [0, 0.05) is 10.3 Å². The number of hydrazine groups is 1. The van der Waals surface area contributed by atoms with Gasteiger partial charge in [0.2, 0.25) is 0 Å². The van der Waals surface area contributed by atoms with E-state index < -0.39 is 5.91 Å². The number of allylic oxidation sites excluding steroid dienone is 2. The number of fused-ring (bicyclic) bond motifs is 5. The van der Waals surface area contributed by atoms with Gasteiger partial charge in [-0.3, -0.25) is 19.8 Å². The number of nitrogens with zero attached hydrogens (tertiary/aromatic N) is 1. The van der Waals surface area contributed by atoms with Crippen molar-refractivity contribution in [1.82, 2.24) is 10.4 Å². The van der Waals surface area contributed by atoms with E-state index in [-0.39, 0.29) is 35.5 Å². The molecule has 1 aliphatic heterocycles. The minimum atomic E-state index is -0.393.